The molecule has 2 rings (SSSR count). The summed E-state index contributed by atoms with van der Waals surface area (Å²) in [5, 5.41) is -0.409. The van der Waals surface area contributed by atoms with Crippen LogP contribution in [0.15, 0.2) is 22.7 Å². The van der Waals surface area contributed by atoms with E-state index in [4.69, 9.17) is 11.6 Å². The van der Waals surface area contributed by atoms with E-state index in [1.165, 1.54) is 31.5 Å². The number of hydrogen-bond acceptors (Lipinski definition) is 2. The first-order valence-electron chi connectivity index (χ1n) is 5.37. The Morgan fingerprint density at radius 3 is 2.39 bits per heavy atom. The number of hydrogen-bond donors (Lipinski definition) is 0. The monoisotopic (exact) mass is 373 g/mol. The Hall–Kier alpha value is 0.200. The number of nitrogens with zero attached hydrogens (tertiary/aromatic N) is 1. The lowest BCUT2D eigenvalue weighted by molar-refractivity contribution is 0.108. The lowest BCUT2D eigenvalue weighted by atomic mass is 10.1. The van der Waals surface area contributed by atoms with Crippen LogP contribution in [0.2, 0.25) is 0 Å². The minimum absolute atomic E-state index is 0. The first-order chi connectivity index (χ1) is 7.66. The molecule has 6 heteroatoms. The minimum atomic E-state index is -0.409. The van der Waals surface area contributed by atoms with E-state index < -0.39 is 5.24 Å². The van der Waals surface area contributed by atoms with Gasteiger partial charge in [-0.05, 0) is 55.2 Å². The maximum Gasteiger partial charge on any atom is 0.252 e. The zero-order valence-corrected chi connectivity index (χ0v) is 13.7. The summed E-state index contributed by atoms with van der Waals surface area (Å²) in [4.78, 5) is 13.4. The number of benzene rings is 1. The molecule has 18 heavy (non-hydrogen) atoms. The number of carbonyl (C=O) groups is 1. The van der Waals surface area contributed by atoms with E-state index in [2.05, 4.69) is 20.8 Å². The minimum Gasteiger partial charge on any atom is -0.299 e. The Kier molecular flexibility index (Phi) is 8.48. The van der Waals surface area contributed by atoms with E-state index in [0.29, 0.717) is 5.56 Å². The molecule has 0 aromatic heterocycles. The highest BCUT2D eigenvalue weighted by Gasteiger charge is 2.13. The molecule has 0 atom stereocenters. The molecular formula is C12H15BrCl3NO. The molecule has 0 bridgehead atoms. The molecule has 0 aliphatic carbocycles. The van der Waals surface area contributed by atoms with Crippen molar-refractivity contribution in [3.8, 4) is 0 Å². The van der Waals surface area contributed by atoms with Crippen molar-refractivity contribution in [3.05, 3.63) is 33.8 Å². The lowest BCUT2D eigenvalue weighted by Gasteiger charge is -2.15. The second kappa shape index (κ2) is 8.39. The van der Waals surface area contributed by atoms with Gasteiger partial charge in [-0.2, -0.15) is 0 Å². The molecule has 1 saturated heterocycles. The van der Waals surface area contributed by atoms with Crippen LogP contribution in [0.5, 0.6) is 0 Å². The molecule has 1 aliphatic heterocycles. The average Bonchev–Trinajstić information content (AvgIpc) is 2.73. The third-order valence-electron chi connectivity index (χ3n) is 2.87. The highest BCUT2D eigenvalue weighted by Crippen LogP contribution is 2.22. The van der Waals surface area contributed by atoms with Gasteiger partial charge in [0.05, 0.1) is 0 Å². The summed E-state index contributed by atoms with van der Waals surface area (Å²) in [7, 11) is 0. The molecule has 0 amide bonds. The van der Waals surface area contributed by atoms with Crippen molar-refractivity contribution in [3.63, 3.8) is 0 Å². The standard InChI is InChI=1S/C12H13BrClNO.2ClH/c13-11-7-9(12(14)16)3-4-10(11)8-15-5-1-2-6-15;;/h3-4,7H,1-2,5-6,8H2;2*1H. The van der Waals surface area contributed by atoms with Gasteiger partial charge in [-0.25, -0.2) is 0 Å². The molecule has 2 nitrogen and oxygen atoms in total. The van der Waals surface area contributed by atoms with Crippen LogP contribution in [0, 0.1) is 0 Å². The summed E-state index contributed by atoms with van der Waals surface area (Å²) in [6, 6.07) is 5.55. The summed E-state index contributed by atoms with van der Waals surface area (Å²) in [6.45, 7) is 3.28. The fourth-order valence-corrected chi connectivity index (χ4v) is 2.60. The predicted octanol–water partition coefficient (Wildman–Crippen LogP) is 4.27. The molecule has 1 fully saturated rings. The SMILES string of the molecule is Cl.Cl.O=C(Cl)c1ccc(CN2CCCC2)c(Br)c1. The van der Waals surface area contributed by atoms with Gasteiger partial charge in [0.15, 0.2) is 0 Å². The van der Waals surface area contributed by atoms with Crippen molar-refractivity contribution in [2.75, 3.05) is 13.1 Å². The summed E-state index contributed by atoms with van der Waals surface area (Å²) >= 11 is 8.91. The number of likely N-dealkylation sites (tertiary alicyclic amines) is 1. The second-order valence-electron chi connectivity index (χ2n) is 4.06. The molecule has 0 radical (unpaired) electrons. The van der Waals surface area contributed by atoms with Gasteiger partial charge in [0.25, 0.3) is 5.24 Å². The van der Waals surface area contributed by atoms with Crippen LogP contribution in [0.4, 0.5) is 0 Å². The van der Waals surface area contributed by atoms with Crippen molar-refractivity contribution in [1.29, 1.82) is 0 Å². The zero-order chi connectivity index (χ0) is 11.5. The number of carbonyl (C=O) groups excluding carboxylic acids is 1. The molecule has 0 unspecified atom stereocenters. The van der Waals surface area contributed by atoms with Crippen molar-refractivity contribution < 1.29 is 4.79 Å². The highest BCUT2D eigenvalue weighted by atomic mass is 79.9. The lowest BCUT2D eigenvalue weighted by Crippen LogP contribution is -2.18. The van der Waals surface area contributed by atoms with Gasteiger partial charge in [0.1, 0.15) is 0 Å². The largest absolute Gasteiger partial charge is 0.299 e. The Morgan fingerprint density at radius 2 is 1.89 bits per heavy atom. The fraction of sp³-hybridized carbons (Fsp3) is 0.417. The van der Waals surface area contributed by atoms with Gasteiger partial charge in [-0.3, -0.25) is 9.69 Å². The topological polar surface area (TPSA) is 20.3 Å². The van der Waals surface area contributed by atoms with Gasteiger partial charge in [0.2, 0.25) is 0 Å². The molecular weight excluding hydrogens is 360 g/mol. The van der Waals surface area contributed by atoms with Crippen LogP contribution in [0.25, 0.3) is 0 Å². The molecule has 0 spiro atoms. The fourth-order valence-electron chi connectivity index (χ4n) is 1.98. The van der Waals surface area contributed by atoms with Crippen molar-refractivity contribution >= 4 is 57.6 Å². The van der Waals surface area contributed by atoms with Crippen LogP contribution in [0.3, 0.4) is 0 Å². The van der Waals surface area contributed by atoms with Crippen LogP contribution in [0.1, 0.15) is 28.8 Å². The first kappa shape index (κ1) is 18.2. The van der Waals surface area contributed by atoms with E-state index >= 15 is 0 Å². The normalized spacial score (nSPS) is 14.8. The molecule has 1 aromatic rings. The van der Waals surface area contributed by atoms with Crippen molar-refractivity contribution in [1.82, 2.24) is 4.90 Å². The van der Waals surface area contributed by atoms with Gasteiger partial charge >= 0.3 is 0 Å². The van der Waals surface area contributed by atoms with E-state index in [1.807, 2.05) is 6.07 Å². The molecule has 0 saturated carbocycles. The molecule has 0 N–H and O–H groups in total. The molecule has 1 heterocycles. The molecule has 102 valence electrons. The number of rotatable bonds is 3. The van der Waals surface area contributed by atoms with E-state index in [9.17, 15) is 4.79 Å². The quantitative estimate of drug-likeness (QED) is 0.736. The van der Waals surface area contributed by atoms with Gasteiger partial charge < -0.3 is 0 Å². The van der Waals surface area contributed by atoms with E-state index in [-0.39, 0.29) is 24.8 Å². The van der Waals surface area contributed by atoms with Crippen LogP contribution >= 0.6 is 52.3 Å². The Morgan fingerprint density at radius 1 is 1.28 bits per heavy atom. The van der Waals surface area contributed by atoms with Crippen LogP contribution in [-0.4, -0.2) is 23.2 Å². The van der Waals surface area contributed by atoms with Gasteiger partial charge in [-0.1, -0.05) is 22.0 Å². The second-order valence-corrected chi connectivity index (χ2v) is 5.26. The Labute approximate surface area is 133 Å². The Balaban J connectivity index is 0.00000144. The van der Waals surface area contributed by atoms with Crippen molar-refractivity contribution in [2.45, 2.75) is 19.4 Å². The summed E-state index contributed by atoms with van der Waals surface area (Å²) < 4.78 is 0.964. The van der Waals surface area contributed by atoms with E-state index in [0.717, 1.165) is 11.0 Å². The van der Waals surface area contributed by atoms with Crippen LogP contribution < -0.4 is 0 Å². The first-order valence-corrected chi connectivity index (χ1v) is 6.54. The molecule has 1 aromatic carbocycles. The van der Waals surface area contributed by atoms with E-state index in [1.54, 1.807) is 12.1 Å². The average molecular weight is 376 g/mol. The predicted molar refractivity (Wildman–Crippen MR) is 83.3 cm³/mol. The number of halogens is 4. The summed E-state index contributed by atoms with van der Waals surface area (Å²) in [5.41, 5.74) is 1.75. The maximum absolute atomic E-state index is 11.0. The van der Waals surface area contributed by atoms with Gasteiger partial charge in [0, 0.05) is 16.6 Å². The third kappa shape index (κ3) is 4.71. The van der Waals surface area contributed by atoms with Crippen molar-refractivity contribution in [2.24, 2.45) is 0 Å². The summed E-state index contributed by atoms with van der Waals surface area (Å²) in [5.74, 6) is 0. The Bertz CT molecular complexity index is 408. The molecule has 1 aliphatic rings. The smallest absolute Gasteiger partial charge is 0.252 e. The highest BCUT2D eigenvalue weighted by molar-refractivity contribution is 9.10. The summed E-state index contributed by atoms with van der Waals surface area (Å²) in [6.07, 6.45) is 2.58. The van der Waals surface area contributed by atoms with Crippen LogP contribution in [-0.2, 0) is 6.54 Å². The maximum atomic E-state index is 11.0. The third-order valence-corrected chi connectivity index (χ3v) is 3.83. The van der Waals surface area contributed by atoms with Gasteiger partial charge in [-0.15, -0.1) is 24.8 Å². The zero-order valence-electron chi connectivity index (χ0n) is 9.70.